The van der Waals surface area contributed by atoms with Gasteiger partial charge in [0.2, 0.25) is 0 Å². The summed E-state index contributed by atoms with van der Waals surface area (Å²) in [5, 5.41) is 0. The van der Waals surface area contributed by atoms with Gasteiger partial charge in [-0.3, -0.25) is 4.98 Å². The Morgan fingerprint density at radius 3 is 3.00 bits per heavy atom. The third-order valence-corrected chi connectivity index (χ3v) is 4.24. The van der Waals surface area contributed by atoms with Crippen LogP contribution in [-0.4, -0.2) is 37.3 Å². The molecule has 2 heterocycles. The van der Waals surface area contributed by atoms with E-state index in [0.29, 0.717) is 19.6 Å². The summed E-state index contributed by atoms with van der Waals surface area (Å²) >= 11 is 0. The average molecular weight is 256 g/mol. The fourth-order valence-corrected chi connectivity index (χ4v) is 3.08. The van der Waals surface area contributed by atoms with E-state index >= 15 is 0 Å². The Labute approximate surface area is 101 Å². The SMILES string of the molecule is NCC1CNS(=O)(=O)N(Cc2ccccn2)C1. The van der Waals surface area contributed by atoms with Gasteiger partial charge in [0.25, 0.3) is 10.2 Å². The largest absolute Gasteiger partial charge is 0.330 e. The molecule has 1 aliphatic heterocycles. The number of nitrogens with one attached hydrogen (secondary N) is 1. The lowest BCUT2D eigenvalue weighted by Crippen LogP contribution is -2.52. The van der Waals surface area contributed by atoms with Crippen molar-refractivity contribution < 1.29 is 8.42 Å². The number of pyridine rings is 1. The molecule has 1 atom stereocenters. The maximum atomic E-state index is 11.8. The molecule has 0 saturated carbocycles. The molecule has 0 amide bonds. The van der Waals surface area contributed by atoms with Crippen LogP contribution in [0.4, 0.5) is 0 Å². The molecule has 17 heavy (non-hydrogen) atoms. The average Bonchev–Trinajstić information content (AvgIpc) is 2.33. The molecule has 94 valence electrons. The monoisotopic (exact) mass is 256 g/mol. The molecule has 0 spiro atoms. The Morgan fingerprint density at radius 2 is 2.35 bits per heavy atom. The Balaban J connectivity index is 2.12. The van der Waals surface area contributed by atoms with Crippen molar-refractivity contribution in [2.45, 2.75) is 6.54 Å². The third kappa shape index (κ3) is 3.01. The van der Waals surface area contributed by atoms with Crippen LogP contribution < -0.4 is 10.5 Å². The Bertz CT molecular complexity index is 462. The van der Waals surface area contributed by atoms with Gasteiger partial charge in [-0.25, -0.2) is 4.72 Å². The van der Waals surface area contributed by atoms with Crippen molar-refractivity contribution in [1.29, 1.82) is 0 Å². The molecule has 1 aromatic heterocycles. The number of aromatic nitrogens is 1. The minimum atomic E-state index is -3.38. The van der Waals surface area contributed by atoms with Gasteiger partial charge >= 0.3 is 0 Å². The molecule has 3 N–H and O–H groups in total. The molecule has 7 heteroatoms. The summed E-state index contributed by atoms with van der Waals surface area (Å²) in [5.74, 6) is 0.155. The first-order chi connectivity index (χ1) is 8.12. The lowest BCUT2D eigenvalue weighted by Gasteiger charge is -2.31. The van der Waals surface area contributed by atoms with E-state index in [1.54, 1.807) is 12.3 Å². The minimum Gasteiger partial charge on any atom is -0.330 e. The fourth-order valence-electron chi connectivity index (χ4n) is 1.74. The summed E-state index contributed by atoms with van der Waals surface area (Å²) in [6, 6.07) is 5.45. The fraction of sp³-hybridized carbons (Fsp3) is 0.500. The van der Waals surface area contributed by atoms with Crippen LogP contribution in [-0.2, 0) is 16.8 Å². The van der Waals surface area contributed by atoms with E-state index < -0.39 is 10.2 Å². The molecule has 1 fully saturated rings. The van der Waals surface area contributed by atoms with E-state index in [-0.39, 0.29) is 12.5 Å². The second kappa shape index (κ2) is 5.09. The van der Waals surface area contributed by atoms with Gasteiger partial charge in [0.1, 0.15) is 0 Å². The molecule has 0 bridgehead atoms. The van der Waals surface area contributed by atoms with Gasteiger partial charge in [0.15, 0.2) is 0 Å². The first-order valence-corrected chi connectivity index (χ1v) is 6.90. The zero-order valence-electron chi connectivity index (χ0n) is 9.41. The Hall–Kier alpha value is -1.02. The highest BCUT2D eigenvalue weighted by atomic mass is 32.2. The number of hydrogen-bond acceptors (Lipinski definition) is 4. The predicted octanol–water partition coefficient (Wildman–Crippen LogP) is -0.693. The highest BCUT2D eigenvalue weighted by Gasteiger charge is 2.30. The molecule has 2 rings (SSSR count). The third-order valence-electron chi connectivity index (χ3n) is 2.75. The first kappa shape index (κ1) is 12.4. The molecule has 1 aromatic rings. The second-order valence-electron chi connectivity index (χ2n) is 4.07. The van der Waals surface area contributed by atoms with E-state index in [2.05, 4.69) is 9.71 Å². The molecular weight excluding hydrogens is 240 g/mol. The second-order valence-corrected chi connectivity index (χ2v) is 5.82. The quantitative estimate of drug-likeness (QED) is 0.749. The van der Waals surface area contributed by atoms with Crippen LogP contribution in [0, 0.1) is 5.92 Å². The summed E-state index contributed by atoms with van der Waals surface area (Å²) in [4.78, 5) is 4.12. The highest BCUT2D eigenvalue weighted by Crippen LogP contribution is 2.13. The van der Waals surface area contributed by atoms with Gasteiger partial charge in [-0.2, -0.15) is 12.7 Å². The van der Waals surface area contributed by atoms with Crippen molar-refractivity contribution in [2.24, 2.45) is 11.7 Å². The van der Waals surface area contributed by atoms with Crippen LogP contribution in [0.2, 0.25) is 0 Å². The van der Waals surface area contributed by atoms with Gasteiger partial charge in [-0.05, 0) is 24.6 Å². The molecule has 1 aliphatic rings. The lowest BCUT2D eigenvalue weighted by atomic mass is 10.1. The van der Waals surface area contributed by atoms with Crippen LogP contribution in [0.25, 0.3) is 0 Å². The predicted molar refractivity (Wildman–Crippen MR) is 64.1 cm³/mol. The molecular formula is C10H16N4O2S. The van der Waals surface area contributed by atoms with Gasteiger partial charge < -0.3 is 5.73 Å². The van der Waals surface area contributed by atoms with Crippen LogP contribution >= 0.6 is 0 Å². The summed E-state index contributed by atoms with van der Waals surface area (Å²) in [5.41, 5.74) is 6.30. The topological polar surface area (TPSA) is 88.3 Å². The zero-order chi connectivity index (χ0) is 12.3. The van der Waals surface area contributed by atoms with Crippen LogP contribution in [0.1, 0.15) is 5.69 Å². The molecule has 1 unspecified atom stereocenters. The van der Waals surface area contributed by atoms with Crippen molar-refractivity contribution in [2.75, 3.05) is 19.6 Å². The van der Waals surface area contributed by atoms with E-state index in [4.69, 9.17) is 5.73 Å². The van der Waals surface area contributed by atoms with E-state index in [1.807, 2.05) is 12.1 Å². The van der Waals surface area contributed by atoms with E-state index in [1.165, 1.54) is 4.31 Å². The number of nitrogens with two attached hydrogens (primary N) is 1. The van der Waals surface area contributed by atoms with Crippen molar-refractivity contribution in [1.82, 2.24) is 14.0 Å². The van der Waals surface area contributed by atoms with Gasteiger partial charge in [-0.15, -0.1) is 0 Å². The number of nitrogens with zero attached hydrogens (tertiary/aromatic N) is 2. The molecule has 0 aliphatic carbocycles. The van der Waals surface area contributed by atoms with Crippen LogP contribution in [0.3, 0.4) is 0 Å². The van der Waals surface area contributed by atoms with Crippen molar-refractivity contribution in [3.8, 4) is 0 Å². The highest BCUT2D eigenvalue weighted by molar-refractivity contribution is 7.87. The Morgan fingerprint density at radius 1 is 1.53 bits per heavy atom. The Kier molecular flexibility index (Phi) is 3.72. The molecule has 0 radical (unpaired) electrons. The van der Waals surface area contributed by atoms with Crippen LogP contribution in [0.5, 0.6) is 0 Å². The number of hydrogen-bond donors (Lipinski definition) is 2. The van der Waals surface area contributed by atoms with E-state index in [9.17, 15) is 8.42 Å². The van der Waals surface area contributed by atoms with Crippen molar-refractivity contribution in [3.05, 3.63) is 30.1 Å². The summed E-state index contributed by atoms with van der Waals surface area (Å²) in [6.07, 6.45) is 1.65. The lowest BCUT2D eigenvalue weighted by molar-refractivity contribution is 0.304. The van der Waals surface area contributed by atoms with Gasteiger partial charge in [-0.1, -0.05) is 6.07 Å². The minimum absolute atomic E-state index is 0.155. The van der Waals surface area contributed by atoms with E-state index in [0.717, 1.165) is 5.69 Å². The summed E-state index contributed by atoms with van der Waals surface area (Å²) in [6.45, 7) is 1.62. The molecule has 6 nitrogen and oxygen atoms in total. The number of rotatable bonds is 3. The summed E-state index contributed by atoms with van der Waals surface area (Å²) < 4.78 is 27.5. The van der Waals surface area contributed by atoms with Gasteiger partial charge in [0, 0.05) is 19.3 Å². The maximum Gasteiger partial charge on any atom is 0.279 e. The van der Waals surface area contributed by atoms with Crippen molar-refractivity contribution in [3.63, 3.8) is 0 Å². The normalized spacial score (nSPS) is 24.6. The van der Waals surface area contributed by atoms with Crippen LogP contribution in [0.15, 0.2) is 24.4 Å². The molecule has 0 aromatic carbocycles. The molecule has 1 saturated heterocycles. The zero-order valence-corrected chi connectivity index (χ0v) is 10.2. The summed E-state index contributed by atoms with van der Waals surface area (Å²) in [7, 11) is -3.38. The van der Waals surface area contributed by atoms with Gasteiger partial charge in [0.05, 0.1) is 12.2 Å². The smallest absolute Gasteiger partial charge is 0.279 e. The standard InChI is InChI=1S/C10H16N4O2S/c11-5-9-6-13-17(15,16)14(7-9)8-10-3-1-2-4-12-10/h1-4,9,13H,5-8,11H2. The van der Waals surface area contributed by atoms with Crippen molar-refractivity contribution >= 4 is 10.2 Å². The first-order valence-electron chi connectivity index (χ1n) is 5.46. The maximum absolute atomic E-state index is 11.8.